The van der Waals surface area contributed by atoms with Gasteiger partial charge in [-0.3, -0.25) is 0 Å². The Morgan fingerprint density at radius 3 is 2.67 bits per heavy atom. The zero-order valence-electron chi connectivity index (χ0n) is 5.67. The standard InChI is InChI=1S/C8H11N/c1-2-3-7-4-5-8(7)6-9/h2-3,7-8H,4-5H2,1H3/b3-2-/t7-,8+/m0/s1. The van der Waals surface area contributed by atoms with E-state index in [2.05, 4.69) is 12.1 Å². The molecule has 9 heavy (non-hydrogen) atoms. The first-order valence-electron chi connectivity index (χ1n) is 3.41. The van der Waals surface area contributed by atoms with E-state index in [1.54, 1.807) is 0 Å². The van der Waals surface area contributed by atoms with Crippen molar-refractivity contribution in [1.82, 2.24) is 0 Å². The maximum atomic E-state index is 8.50. The van der Waals surface area contributed by atoms with Crippen LogP contribution in [0.1, 0.15) is 19.8 Å². The summed E-state index contributed by atoms with van der Waals surface area (Å²) in [7, 11) is 0. The van der Waals surface area contributed by atoms with Crippen molar-refractivity contribution < 1.29 is 0 Å². The van der Waals surface area contributed by atoms with E-state index in [4.69, 9.17) is 5.26 Å². The Bertz CT molecular complexity index is 152. The smallest absolute Gasteiger partial charge is 0.0661 e. The monoisotopic (exact) mass is 121 g/mol. The average Bonchev–Trinajstić information content (AvgIpc) is 1.82. The highest BCUT2D eigenvalue weighted by Crippen LogP contribution is 2.34. The van der Waals surface area contributed by atoms with Gasteiger partial charge in [-0.1, -0.05) is 12.2 Å². The van der Waals surface area contributed by atoms with Crippen LogP contribution in [0.3, 0.4) is 0 Å². The van der Waals surface area contributed by atoms with Gasteiger partial charge in [0.2, 0.25) is 0 Å². The van der Waals surface area contributed by atoms with E-state index in [0.717, 1.165) is 6.42 Å². The van der Waals surface area contributed by atoms with Crippen molar-refractivity contribution in [3.63, 3.8) is 0 Å². The van der Waals surface area contributed by atoms with Gasteiger partial charge in [-0.15, -0.1) is 0 Å². The van der Waals surface area contributed by atoms with E-state index in [-0.39, 0.29) is 0 Å². The molecule has 48 valence electrons. The van der Waals surface area contributed by atoms with Crippen molar-refractivity contribution >= 4 is 0 Å². The van der Waals surface area contributed by atoms with Gasteiger partial charge in [0.1, 0.15) is 0 Å². The molecule has 0 aromatic carbocycles. The minimum absolute atomic E-state index is 0.321. The van der Waals surface area contributed by atoms with Crippen molar-refractivity contribution in [3.8, 4) is 6.07 Å². The Balaban J connectivity index is 2.38. The SMILES string of the molecule is C/C=C\[C@H]1CC[C@@H]1C#N. The van der Waals surface area contributed by atoms with Gasteiger partial charge in [0, 0.05) is 0 Å². The predicted octanol–water partition coefficient (Wildman–Crippen LogP) is 2.11. The molecular formula is C8H11N. The number of allylic oxidation sites excluding steroid dienone is 2. The molecule has 0 aliphatic heterocycles. The van der Waals surface area contributed by atoms with Crippen LogP contribution < -0.4 is 0 Å². The molecular weight excluding hydrogens is 110 g/mol. The molecule has 0 aromatic heterocycles. The molecule has 0 N–H and O–H groups in total. The molecule has 1 aliphatic carbocycles. The summed E-state index contributed by atoms with van der Waals surface area (Å²) in [5.74, 6) is 0.890. The van der Waals surface area contributed by atoms with Crippen molar-refractivity contribution in [1.29, 1.82) is 5.26 Å². The second-order valence-corrected chi connectivity index (χ2v) is 2.50. The zero-order valence-corrected chi connectivity index (χ0v) is 5.67. The number of hydrogen-bond donors (Lipinski definition) is 0. The Labute approximate surface area is 56.0 Å². The second kappa shape index (κ2) is 2.68. The molecule has 1 saturated carbocycles. The fraction of sp³-hybridized carbons (Fsp3) is 0.625. The van der Waals surface area contributed by atoms with Gasteiger partial charge >= 0.3 is 0 Å². The number of nitriles is 1. The van der Waals surface area contributed by atoms with Crippen LogP contribution in [-0.2, 0) is 0 Å². The highest BCUT2D eigenvalue weighted by atomic mass is 14.4. The summed E-state index contributed by atoms with van der Waals surface area (Å²) < 4.78 is 0. The fourth-order valence-corrected chi connectivity index (χ4v) is 1.16. The average molecular weight is 121 g/mol. The lowest BCUT2D eigenvalue weighted by atomic mass is 9.74. The molecule has 2 atom stereocenters. The number of rotatable bonds is 1. The van der Waals surface area contributed by atoms with Gasteiger partial charge in [-0.2, -0.15) is 5.26 Å². The second-order valence-electron chi connectivity index (χ2n) is 2.50. The Morgan fingerprint density at radius 1 is 1.56 bits per heavy atom. The van der Waals surface area contributed by atoms with Crippen molar-refractivity contribution in [2.24, 2.45) is 11.8 Å². The molecule has 0 spiro atoms. The molecule has 1 fully saturated rings. The largest absolute Gasteiger partial charge is 0.198 e. The van der Waals surface area contributed by atoms with Crippen LogP contribution in [0.4, 0.5) is 0 Å². The van der Waals surface area contributed by atoms with E-state index in [9.17, 15) is 0 Å². The summed E-state index contributed by atoms with van der Waals surface area (Å²) in [5.41, 5.74) is 0. The molecule has 0 aromatic rings. The van der Waals surface area contributed by atoms with Gasteiger partial charge < -0.3 is 0 Å². The van der Waals surface area contributed by atoms with Crippen LogP contribution in [-0.4, -0.2) is 0 Å². The van der Waals surface area contributed by atoms with E-state index in [1.807, 2.05) is 13.0 Å². The minimum Gasteiger partial charge on any atom is -0.198 e. The van der Waals surface area contributed by atoms with Crippen LogP contribution in [0.25, 0.3) is 0 Å². The summed E-state index contributed by atoms with van der Waals surface area (Å²) in [4.78, 5) is 0. The molecule has 0 unspecified atom stereocenters. The summed E-state index contributed by atoms with van der Waals surface area (Å²) in [6.45, 7) is 2.01. The van der Waals surface area contributed by atoms with Crippen molar-refractivity contribution in [2.45, 2.75) is 19.8 Å². The van der Waals surface area contributed by atoms with Crippen LogP contribution in [0.5, 0.6) is 0 Å². The molecule has 1 nitrogen and oxygen atoms in total. The minimum atomic E-state index is 0.321. The molecule has 0 saturated heterocycles. The first kappa shape index (κ1) is 6.35. The highest BCUT2D eigenvalue weighted by Gasteiger charge is 2.27. The van der Waals surface area contributed by atoms with Gasteiger partial charge in [-0.25, -0.2) is 0 Å². The van der Waals surface area contributed by atoms with Crippen LogP contribution in [0.2, 0.25) is 0 Å². The lowest BCUT2D eigenvalue weighted by molar-refractivity contribution is 0.294. The van der Waals surface area contributed by atoms with E-state index in [1.165, 1.54) is 6.42 Å². The van der Waals surface area contributed by atoms with Gasteiger partial charge in [-0.05, 0) is 25.7 Å². The summed E-state index contributed by atoms with van der Waals surface area (Å²) in [6, 6.07) is 2.29. The maximum Gasteiger partial charge on any atom is 0.0661 e. The first-order valence-corrected chi connectivity index (χ1v) is 3.41. The number of hydrogen-bond acceptors (Lipinski definition) is 1. The van der Waals surface area contributed by atoms with Crippen molar-refractivity contribution in [3.05, 3.63) is 12.2 Å². The Hall–Kier alpha value is -0.770. The third kappa shape index (κ3) is 1.13. The summed E-state index contributed by atoms with van der Waals surface area (Å²) in [6.07, 6.45) is 6.49. The number of nitrogens with zero attached hydrogens (tertiary/aromatic N) is 1. The molecule has 1 rings (SSSR count). The predicted molar refractivity (Wildman–Crippen MR) is 36.6 cm³/mol. The highest BCUT2D eigenvalue weighted by molar-refractivity contribution is 5.04. The van der Waals surface area contributed by atoms with E-state index < -0.39 is 0 Å². The molecule has 1 aliphatic rings. The first-order chi connectivity index (χ1) is 4.38. The Kier molecular flexibility index (Phi) is 1.89. The summed E-state index contributed by atoms with van der Waals surface area (Å²) >= 11 is 0. The molecule has 0 heterocycles. The fourth-order valence-electron chi connectivity index (χ4n) is 1.16. The normalized spacial score (nSPS) is 33.8. The topological polar surface area (TPSA) is 23.8 Å². The van der Waals surface area contributed by atoms with Crippen molar-refractivity contribution in [2.75, 3.05) is 0 Å². The quantitative estimate of drug-likeness (QED) is 0.487. The Morgan fingerprint density at radius 2 is 2.33 bits per heavy atom. The van der Waals surface area contributed by atoms with Crippen LogP contribution >= 0.6 is 0 Å². The molecule has 0 bridgehead atoms. The maximum absolute atomic E-state index is 8.50. The lowest BCUT2D eigenvalue weighted by Crippen LogP contribution is -2.21. The van der Waals surface area contributed by atoms with Crippen LogP contribution in [0, 0.1) is 23.2 Å². The molecule has 0 radical (unpaired) electrons. The van der Waals surface area contributed by atoms with E-state index >= 15 is 0 Å². The van der Waals surface area contributed by atoms with Gasteiger partial charge in [0.25, 0.3) is 0 Å². The van der Waals surface area contributed by atoms with E-state index in [0.29, 0.717) is 11.8 Å². The third-order valence-corrected chi connectivity index (χ3v) is 1.93. The van der Waals surface area contributed by atoms with Gasteiger partial charge in [0.05, 0.1) is 12.0 Å². The summed E-state index contributed by atoms with van der Waals surface area (Å²) in [5, 5.41) is 8.50. The third-order valence-electron chi connectivity index (χ3n) is 1.93. The van der Waals surface area contributed by atoms with Crippen LogP contribution in [0.15, 0.2) is 12.2 Å². The van der Waals surface area contributed by atoms with Gasteiger partial charge in [0.15, 0.2) is 0 Å². The molecule has 1 heteroatoms. The molecule has 0 amide bonds. The zero-order chi connectivity index (χ0) is 6.69. The lowest BCUT2D eigenvalue weighted by Gasteiger charge is -2.28.